The smallest absolute Gasteiger partial charge is 0.129 e. The third kappa shape index (κ3) is 3.03. The van der Waals surface area contributed by atoms with Crippen molar-refractivity contribution in [1.29, 1.82) is 0 Å². The van der Waals surface area contributed by atoms with E-state index in [1.807, 2.05) is 6.20 Å². The van der Waals surface area contributed by atoms with E-state index in [-0.39, 0.29) is 0 Å². The molecule has 1 aliphatic carbocycles. The van der Waals surface area contributed by atoms with Crippen molar-refractivity contribution in [2.45, 2.75) is 57.7 Å². The van der Waals surface area contributed by atoms with Gasteiger partial charge in [0, 0.05) is 31.4 Å². The van der Waals surface area contributed by atoms with Crippen LogP contribution in [0.25, 0.3) is 0 Å². The summed E-state index contributed by atoms with van der Waals surface area (Å²) >= 11 is 6.26. The molecular weight excluding hydrogens is 258 g/mol. The molecule has 2 aliphatic rings. The van der Waals surface area contributed by atoms with E-state index < -0.39 is 0 Å². The van der Waals surface area contributed by atoms with Crippen LogP contribution < -0.4 is 10.2 Å². The number of hydrogen-bond donors (Lipinski definition) is 1. The van der Waals surface area contributed by atoms with Gasteiger partial charge in [0.05, 0.1) is 5.02 Å². The average molecular weight is 280 g/mol. The third-order valence-electron chi connectivity index (χ3n) is 4.22. The van der Waals surface area contributed by atoms with Gasteiger partial charge in [-0.2, -0.15) is 0 Å². The Bertz CT molecular complexity index is 445. The van der Waals surface area contributed by atoms with E-state index >= 15 is 0 Å². The van der Waals surface area contributed by atoms with Crippen LogP contribution in [0.15, 0.2) is 12.3 Å². The van der Waals surface area contributed by atoms with Crippen LogP contribution in [0, 0.1) is 0 Å². The standard InChI is InChI=1S/C15H22ClN3/c1-2-13-4-3-7-19(13)15-8-11(14(16)10-18-15)9-17-12-5-6-12/h8,10,12-13,17H,2-7,9H2,1H3. The van der Waals surface area contributed by atoms with Crippen molar-refractivity contribution in [3.63, 3.8) is 0 Å². The lowest BCUT2D eigenvalue weighted by molar-refractivity contribution is 0.639. The quantitative estimate of drug-likeness (QED) is 0.896. The lowest BCUT2D eigenvalue weighted by Gasteiger charge is -2.25. The number of nitrogens with zero attached hydrogens (tertiary/aromatic N) is 2. The van der Waals surface area contributed by atoms with Crippen LogP contribution in [-0.4, -0.2) is 23.6 Å². The van der Waals surface area contributed by atoms with E-state index in [1.165, 1.54) is 37.7 Å². The maximum atomic E-state index is 6.26. The molecule has 4 heteroatoms. The molecular formula is C15H22ClN3. The molecule has 19 heavy (non-hydrogen) atoms. The Kier molecular flexibility index (Phi) is 3.94. The molecule has 1 unspecified atom stereocenters. The molecule has 0 aromatic carbocycles. The molecule has 3 nitrogen and oxygen atoms in total. The van der Waals surface area contributed by atoms with Crippen LogP contribution in [0.2, 0.25) is 5.02 Å². The minimum absolute atomic E-state index is 0.651. The summed E-state index contributed by atoms with van der Waals surface area (Å²) in [5, 5.41) is 4.31. The van der Waals surface area contributed by atoms with Gasteiger partial charge in [-0.05, 0) is 43.7 Å². The summed E-state index contributed by atoms with van der Waals surface area (Å²) in [5.74, 6) is 1.10. The van der Waals surface area contributed by atoms with Gasteiger partial charge in [-0.25, -0.2) is 4.98 Å². The molecule has 1 aromatic rings. The highest BCUT2D eigenvalue weighted by molar-refractivity contribution is 6.31. The first-order valence-corrected chi connectivity index (χ1v) is 7.80. The molecule has 1 N–H and O–H groups in total. The molecule has 0 spiro atoms. The van der Waals surface area contributed by atoms with Crippen LogP contribution >= 0.6 is 11.6 Å². The zero-order chi connectivity index (χ0) is 13.2. The van der Waals surface area contributed by atoms with Crippen molar-refractivity contribution in [1.82, 2.24) is 10.3 Å². The molecule has 1 aromatic heterocycles. The number of hydrogen-bond acceptors (Lipinski definition) is 3. The Labute approximate surface area is 120 Å². The van der Waals surface area contributed by atoms with E-state index in [0.717, 1.165) is 23.9 Å². The number of nitrogens with one attached hydrogen (secondary N) is 1. The van der Waals surface area contributed by atoms with E-state index in [1.54, 1.807) is 0 Å². The van der Waals surface area contributed by atoms with Gasteiger partial charge in [0.25, 0.3) is 0 Å². The summed E-state index contributed by atoms with van der Waals surface area (Å²) in [6.07, 6.45) is 8.18. The first-order valence-electron chi connectivity index (χ1n) is 7.42. The van der Waals surface area contributed by atoms with Crippen LogP contribution in [0.4, 0.5) is 5.82 Å². The van der Waals surface area contributed by atoms with Gasteiger partial charge >= 0.3 is 0 Å². The lowest BCUT2D eigenvalue weighted by Crippen LogP contribution is -2.29. The zero-order valence-electron chi connectivity index (χ0n) is 11.5. The minimum Gasteiger partial charge on any atom is -0.354 e. The van der Waals surface area contributed by atoms with Gasteiger partial charge < -0.3 is 10.2 Å². The van der Waals surface area contributed by atoms with Crippen LogP contribution in [0.5, 0.6) is 0 Å². The third-order valence-corrected chi connectivity index (χ3v) is 4.56. The van der Waals surface area contributed by atoms with Crippen molar-refractivity contribution in [2.24, 2.45) is 0 Å². The molecule has 0 bridgehead atoms. The largest absolute Gasteiger partial charge is 0.354 e. The van der Waals surface area contributed by atoms with Crippen LogP contribution in [0.1, 0.15) is 44.6 Å². The van der Waals surface area contributed by atoms with Crippen molar-refractivity contribution < 1.29 is 0 Å². The second-order valence-corrected chi connectivity index (χ2v) is 6.09. The summed E-state index contributed by atoms with van der Waals surface area (Å²) in [5.41, 5.74) is 1.18. The number of pyridine rings is 1. The van der Waals surface area contributed by atoms with Gasteiger partial charge in [0.1, 0.15) is 5.82 Å². The van der Waals surface area contributed by atoms with Crippen molar-refractivity contribution in [2.75, 3.05) is 11.4 Å². The predicted octanol–water partition coefficient (Wildman–Crippen LogP) is 3.37. The van der Waals surface area contributed by atoms with Gasteiger partial charge in [-0.15, -0.1) is 0 Å². The Morgan fingerprint density at radius 1 is 1.42 bits per heavy atom. The number of aromatic nitrogens is 1. The second-order valence-electron chi connectivity index (χ2n) is 5.69. The molecule has 3 rings (SSSR count). The number of rotatable bonds is 5. The van der Waals surface area contributed by atoms with Crippen molar-refractivity contribution in [3.8, 4) is 0 Å². The van der Waals surface area contributed by atoms with E-state index in [9.17, 15) is 0 Å². The highest BCUT2D eigenvalue weighted by Crippen LogP contribution is 2.28. The maximum Gasteiger partial charge on any atom is 0.129 e. The summed E-state index contributed by atoms with van der Waals surface area (Å²) in [4.78, 5) is 6.97. The first-order chi connectivity index (χ1) is 9.28. The predicted molar refractivity (Wildman–Crippen MR) is 79.8 cm³/mol. The van der Waals surface area contributed by atoms with Crippen LogP contribution in [0.3, 0.4) is 0 Å². The van der Waals surface area contributed by atoms with Gasteiger partial charge in [-0.3, -0.25) is 0 Å². The van der Waals surface area contributed by atoms with Gasteiger partial charge in [-0.1, -0.05) is 18.5 Å². The molecule has 1 atom stereocenters. The minimum atomic E-state index is 0.651. The fraction of sp³-hybridized carbons (Fsp3) is 0.667. The molecule has 2 fully saturated rings. The van der Waals surface area contributed by atoms with E-state index in [0.29, 0.717) is 12.1 Å². The van der Waals surface area contributed by atoms with Gasteiger partial charge in [0.15, 0.2) is 0 Å². The Balaban J connectivity index is 1.75. The van der Waals surface area contributed by atoms with E-state index in [4.69, 9.17) is 11.6 Å². The van der Waals surface area contributed by atoms with E-state index in [2.05, 4.69) is 28.2 Å². The molecule has 1 aliphatic heterocycles. The van der Waals surface area contributed by atoms with Crippen LogP contribution in [-0.2, 0) is 6.54 Å². The lowest BCUT2D eigenvalue weighted by atomic mass is 10.1. The molecule has 0 amide bonds. The number of anilines is 1. The molecule has 2 heterocycles. The summed E-state index contributed by atoms with van der Waals surface area (Å²) < 4.78 is 0. The number of halogens is 1. The Morgan fingerprint density at radius 3 is 3.00 bits per heavy atom. The monoisotopic (exact) mass is 279 g/mol. The SMILES string of the molecule is CCC1CCCN1c1cc(CNC2CC2)c(Cl)cn1. The second kappa shape index (κ2) is 5.68. The topological polar surface area (TPSA) is 28.2 Å². The highest BCUT2D eigenvalue weighted by atomic mass is 35.5. The summed E-state index contributed by atoms with van der Waals surface area (Å²) in [6, 6.07) is 3.53. The fourth-order valence-corrected chi connectivity index (χ4v) is 3.03. The summed E-state index contributed by atoms with van der Waals surface area (Å²) in [6.45, 7) is 4.25. The maximum absolute atomic E-state index is 6.26. The molecule has 1 saturated carbocycles. The molecule has 104 valence electrons. The highest BCUT2D eigenvalue weighted by Gasteiger charge is 2.25. The normalized spacial score (nSPS) is 23.1. The Morgan fingerprint density at radius 2 is 2.26 bits per heavy atom. The molecule has 1 saturated heterocycles. The fourth-order valence-electron chi connectivity index (χ4n) is 2.86. The first kappa shape index (κ1) is 13.2. The Hall–Kier alpha value is -0.800. The zero-order valence-corrected chi connectivity index (χ0v) is 12.3. The molecule has 0 radical (unpaired) electrons. The summed E-state index contributed by atoms with van der Waals surface area (Å²) in [7, 11) is 0. The van der Waals surface area contributed by atoms with Crippen molar-refractivity contribution in [3.05, 3.63) is 22.8 Å². The average Bonchev–Trinajstić information content (AvgIpc) is 3.13. The van der Waals surface area contributed by atoms with Crippen molar-refractivity contribution >= 4 is 17.4 Å². The van der Waals surface area contributed by atoms with Gasteiger partial charge in [0.2, 0.25) is 0 Å².